The van der Waals surface area contributed by atoms with Crippen LogP contribution in [0.25, 0.3) is 0 Å². The standard InChI is InChI=1S/C16H15ClN2O3/c1-10-5-2-3-6-11(10)13(9-15(20)21)19-16(22)12-7-4-8-14(17)18-12/h2-8,13H,9H2,1H3,(H,19,22)(H,20,21)/t13-/m0/s1. The average molecular weight is 319 g/mol. The molecule has 5 nitrogen and oxygen atoms in total. The Morgan fingerprint density at radius 2 is 1.95 bits per heavy atom. The summed E-state index contributed by atoms with van der Waals surface area (Å²) in [6.07, 6.45) is -0.211. The predicted octanol–water partition coefficient (Wildman–Crippen LogP) is 2.99. The van der Waals surface area contributed by atoms with Crippen LogP contribution < -0.4 is 5.32 Å². The highest BCUT2D eigenvalue weighted by molar-refractivity contribution is 6.29. The van der Waals surface area contributed by atoms with Crippen LogP contribution in [0.4, 0.5) is 0 Å². The normalized spacial score (nSPS) is 11.7. The van der Waals surface area contributed by atoms with Crippen LogP contribution in [0.1, 0.15) is 34.1 Å². The van der Waals surface area contributed by atoms with Crippen molar-refractivity contribution in [3.05, 3.63) is 64.4 Å². The Morgan fingerprint density at radius 3 is 2.59 bits per heavy atom. The Labute approximate surface area is 133 Å². The zero-order valence-corrected chi connectivity index (χ0v) is 12.7. The van der Waals surface area contributed by atoms with Crippen molar-refractivity contribution in [2.75, 3.05) is 0 Å². The summed E-state index contributed by atoms with van der Waals surface area (Å²) < 4.78 is 0. The smallest absolute Gasteiger partial charge is 0.305 e. The number of hydrogen-bond donors (Lipinski definition) is 2. The molecule has 114 valence electrons. The molecule has 2 rings (SSSR count). The summed E-state index contributed by atoms with van der Waals surface area (Å²) in [5.74, 6) is -1.45. The molecule has 0 spiro atoms. The first-order valence-corrected chi connectivity index (χ1v) is 7.06. The minimum Gasteiger partial charge on any atom is -0.481 e. The first-order valence-electron chi connectivity index (χ1n) is 6.68. The van der Waals surface area contributed by atoms with Crippen molar-refractivity contribution in [2.45, 2.75) is 19.4 Å². The lowest BCUT2D eigenvalue weighted by Crippen LogP contribution is -2.31. The predicted molar refractivity (Wildman–Crippen MR) is 82.9 cm³/mol. The summed E-state index contributed by atoms with van der Waals surface area (Å²) in [4.78, 5) is 27.3. The molecule has 0 saturated carbocycles. The third-order valence-electron chi connectivity index (χ3n) is 3.20. The maximum absolute atomic E-state index is 12.2. The number of aliphatic carboxylic acids is 1. The molecule has 1 heterocycles. The fourth-order valence-corrected chi connectivity index (χ4v) is 2.32. The number of carboxylic acids is 1. The van der Waals surface area contributed by atoms with E-state index in [9.17, 15) is 9.59 Å². The molecule has 0 fully saturated rings. The Hall–Kier alpha value is -2.40. The fourth-order valence-electron chi connectivity index (χ4n) is 2.16. The second-order valence-corrected chi connectivity index (χ2v) is 5.21. The van der Waals surface area contributed by atoms with E-state index < -0.39 is 17.9 Å². The van der Waals surface area contributed by atoms with E-state index in [1.165, 1.54) is 6.07 Å². The highest BCUT2D eigenvalue weighted by Crippen LogP contribution is 2.21. The molecule has 0 bridgehead atoms. The van der Waals surface area contributed by atoms with Crippen molar-refractivity contribution in [3.8, 4) is 0 Å². The van der Waals surface area contributed by atoms with E-state index >= 15 is 0 Å². The molecule has 1 amide bonds. The first-order chi connectivity index (χ1) is 10.5. The highest BCUT2D eigenvalue weighted by Gasteiger charge is 2.20. The van der Waals surface area contributed by atoms with Crippen LogP contribution >= 0.6 is 11.6 Å². The number of nitrogens with zero attached hydrogens (tertiary/aromatic N) is 1. The van der Waals surface area contributed by atoms with Gasteiger partial charge in [0.2, 0.25) is 0 Å². The van der Waals surface area contributed by atoms with E-state index in [1.54, 1.807) is 24.3 Å². The number of amides is 1. The first kappa shape index (κ1) is 16.0. The van der Waals surface area contributed by atoms with E-state index in [0.29, 0.717) is 0 Å². The van der Waals surface area contributed by atoms with Crippen molar-refractivity contribution in [1.82, 2.24) is 10.3 Å². The number of hydrogen-bond acceptors (Lipinski definition) is 3. The van der Waals surface area contributed by atoms with Crippen LogP contribution in [0.3, 0.4) is 0 Å². The summed E-state index contributed by atoms with van der Waals surface area (Å²) in [5.41, 5.74) is 1.82. The van der Waals surface area contributed by atoms with Crippen molar-refractivity contribution in [1.29, 1.82) is 0 Å². The lowest BCUT2D eigenvalue weighted by Gasteiger charge is -2.19. The number of aryl methyl sites for hydroxylation is 1. The maximum Gasteiger partial charge on any atom is 0.305 e. The van der Waals surface area contributed by atoms with Crippen LogP contribution in [0.5, 0.6) is 0 Å². The molecule has 0 saturated heterocycles. The molecule has 22 heavy (non-hydrogen) atoms. The molecule has 0 aliphatic rings. The van der Waals surface area contributed by atoms with Crippen LogP contribution in [-0.2, 0) is 4.79 Å². The van der Waals surface area contributed by atoms with Crippen molar-refractivity contribution < 1.29 is 14.7 Å². The molecule has 1 aromatic carbocycles. The summed E-state index contributed by atoms with van der Waals surface area (Å²) >= 11 is 5.77. The lowest BCUT2D eigenvalue weighted by molar-refractivity contribution is -0.137. The molecule has 6 heteroatoms. The molecular weight excluding hydrogens is 304 g/mol. The third kappa shape index (κ3) is 4.05. The maximum atomic E-state index is 12.2. The van der Waals surface area contributed by atoms with Gasteiger partial charge in [0, 0.05) is 0 Å². The number of carbonyl (C=O) groups is 2. The van der Waals surface area contributed by atoms with Crippen LogP contribution in [0, 0.1) is 6.92 Å². The van der Waals surface area contributed by atoms with E-state index in [-0.39, 0.29) is 17.3 Å². The summed E-state index contributed by atoms with van der Waals surface area (Å²) in [6, 6.07) is 11.4. The topological polar surface area (TPSA) is 79.3 Å². The second kappa shape index (κ2) is 7.04. The number of benzene rings is 1. The molecule has 2 N–H and O–H groups in total. The number of carboxylic acid groups (broad SMARTS) is 1. The van der Waals surface area contributed by atoms with Gasteiger partial charge in [0.1, 0.15) is 10.8 Å². The molecule has 0 unspecified atom stereocenters. The van der Waals surface area contributed by atoms with Gasteiger partial charge in [0.25, 0.3) is 5.91 Å². The van der Waals surface area contributed by atoms with E-state index in [1.807, 2.05) is 19.1 Å². The third-order valence-corrected chi connectivity index (χ3v) is 3.41. The molecule has 1 atom stereocenters. The van der Waals surface area contributed by atoms with E-state index in [0.717, 1.165) is 11.1 Å². The van der Waals surface area contributed by atoms with Crippen LogP contribution in [0.2, 0.25) is 5.15 Å². The zero-order valence-electron chi connectivity index (χ0n) is 11.9. The van der Waals surface area contributed by atoms with Crippen LogP contribution in [-0.4, -0.2) is 22.0 Å². The Morgan fingerprint density at radius 1 is 1.23 bits per heavy atom. The van der Waals surface area contributed by atoms with Gasteiger partial charge in [-0.2, -0.15) is 0 Å². The van der Waals surface area contributed by atoms with Gasteiger partial charge in [-0.3, -0.25) is 9.59 Å². The van der Waals surface area contributed by atoms with E-state index in [4.69, 9.17) is 16.7 Å². The van der Waals surface area contributed by atoms with Gasteiger partial charge in [-0.15, -0.1) is 0 Å². The molecule has 0 radical (unpaired) electrons. The largest absolute Gasteiger partial charge is 0.481 e. The van der Waals surface area contributed by atoms with Crippen molar-refractivity contribution in [2.24, 2.45) is 0 Å². The fraction of sp³-hybridized carbons (Fsp3) is 0.188. The van der Waals surface area contributed by atoms with Gasteiger partial charge >= 0.3 is 5.97 Å². The van der Waals surface area contributed by atoms with Gasteiger partial charge in [0.05, 0.1) is 12.5 Å². The molecule has 1 aromatic heterocycles. The highest BCUT2D eigenvalue weighted by atomic mass is 35.5. The molecular formula is C16H15ClN2O3. The number of pyridine rings is 1. The van der Waals surface area contributed by atoms with Crippen molar-refractivity contribution >= 4 is 23.5 Å². The Balaban J connectivity index is 2.25. The minimum absolute atomic E-state index is 0.150. The number of carbonyl (C=O) groups excluding carboxylic acids is 1. The summed E-state index contributed by atoms with van der Waals surface area (Å²) in [7, 11) is 0. The molecule has 2 aromatic rings. The quantitative estimate of drug-likeness (QED) is 0.831. The minimum atomic E-state index is -0.993. The lowest BCUT2D eigenvalue weighted by atomic mass is 9.98. The van der Waals surface area contributed by atoms with Gasteiger partial charge < -0.3 is 10.4 Å². The second-order valence-electron chi connectivity index (χ2n) is 4.83. The number of aromatic nitrogens is 1. The van der Waals surface area contributed by atoms with Gasteiger partial charge in [-0.05, 0) is 30.2 Å². The number of rotatable bonds is 5. The molecule has 0 aliphatic heterocycles. The Kier molecular flexibility index (Phi) is 5.12. The van der Waals surface area contributed by atoms with Gasteiger partial charge in [0.15, 0.2) is 0 Å². The van der Waals surface area contributed by atoms with Crippen LogP contribution in [0.15, 0.2) is 42.5 Å². The zero-order chi connectivity index (χ0) is 16.1. The molecule has 0 aliphatic carbocycles. The number of nitrogens with one attached hydrogen (secondary N) is 1. The van der Waals surface area contributed by atoms with Crippen molar-refractivity contribution in [3.63, 3.8) is 0 Å². The van der Waals surface area contributed by atoms with Gasteiger partial charge in [-0.1, -0.05) is 41.9 Å². The van der Waals surface area contributed by atoms with E-state index in [2.05, 4.69) is 10.3 Å². The summed E-state index contributed by atoms with van der Waals surface area (Å²) in [5, 5.41) is 12.0. The summed E-state index contributed by atoms with van der Waals surface area (Å²) in [6.45, 7) is 1.87. The Bertz CT molecular complexity index is 703. The SMILES string of the molecule is Cc1ccccc1[C@H](CC(=O)O)NC(=O)c1cccc(Cl)n1. The van der Waals surface area contributed by atoms with Gasteiger partial charge in [-0.25, -0.2) is 4.98 Å². The average Bonchev–Trinajstić information content (AvgIpc) is 2.46. The monoisotopic (exact) mass is 318 g/mol. The number of halogens is 1.